The van der Waals surface area contributed by atoms with E-state index in [-0.39, 0.29) is 16.8 Å². The molecule has 0 aliphatic heterocycles. The van der Waals surface area contributed by atoms with Crippen LogP contribution < -0.4 is 5.73 Å². The van der Waals surface area contributed by atoms with E-state index in [1.165, 1.54) is 0 Å². The molecule has 0 spiro atoms. The third kappa shape index (κ3) is 1.90. The lowest BCUT2D eigenvalue weighted by Gasteiger charge is -2.03. The standard InChI is InChI=1S/C9H7N3O4/c1-16-9(13)7-3-6(11)2-5(4-10)8(7)12(14)15/h2-3H,11H2,1H3. The number of nitrogens with zero attached hydrogens (tertiary/aromatic N) is 2. The van der Waals surface area contributed by atoms with Crippen molar-refractivity contribution in [2.45, 2.75) is 0 Å². The van der Waals surface area contributed by atoms with Crippen molar-refractivity contribution in [2.24, 2.45) is 0 Å². The Labute approximate surface area is 90.2 Å². The van der Waals surface area contributed by atoms with Gasteiger partial charge in [0.25, 0.3) is 0 Å². The molecule has 7 nitrogen and oxygen atoms in total. The largest absolute Gasteiger partial charge is 0.465 e. The van der Waals surface area contributed by atoms with Crippen LogP contribution in [0.25, 0.3) is 0 Å². The van der Waals surface area contributed by atoms with Gasteiger partial charge >= 0.3 is 11.7 Å². The Bertz CT molecular complexity index is 504. The summed E-state index contributed by atoms with van der Waals surface area (Å²) in [5, 5.41) is 19.4. The number of carbonyl (C=O) groups is 1. The number of nitrogens with two attached hydrogens (primary N) is 1. The summed E-state index contributed by atoms with van der Waals surface area (Å²) >= 11 is 0. The minimum absolute atomic E-state index is 0.0857. The monoisotopic (exact) mass is 221 g/mol. The van der Waals surface area contributed by atoms with Crippen molar-refractivity contribution in [1.29, 1.82) is 5.26 Å². The number of ether oxygens (including phenoxy) is 1. The number of hydrogen-bond acceptors (Lipinski definition) is 6. The molecule has 0 unspecified atom stereocenters. The van der Waals surface area contributed by atoms with E-state index >= 15 is 0 Å². The highest BCUT2D eigenvalue weighted by molar-refractivity contribution is 5.96. The zero-order valence-electron chi connectivity index (χ0n) is 8.26. The van der Waals surface area contributed by atoms with Gasteiger partial charge in [0.2, 0.25) is 0 Å². The van der Waals surface area contributed by atoms with Crippen molar-refractivity contribution in [3.63, 3.8) is 0 Å². The van der Waals surface area contributed by atoms with Gasteiger partial charge in [-0.15, -0.1) is 0 Å². The highest BCUT2D eigenvalue weighted by Crippen LogP contribution is 2.26. The van der Waals surface area contributed by atoms with E-state index in [1.54, 1.807) is 6.07 Å². The molecule has 0 aromatic heterocycles. The number of nitro groups is 1. The van der Waals surface area contributed by atoms with Crippen LogP contribution in [0.2, 0.25) is 0 Å². The zero-order chi connectivity index (χ0) is 12.3. The molecule has 0 saturated carbocycles. The number of benzene rings is 1. The molecule has 0 heterocycles. The number of nitro benzene ring substituents is 1. The second-order valence-electron chi connectivity index (χ2n) is 2.83. The number of esters is 1. The molecule has 0 amide bonds. The average molecular weight is 221 g/mol. The molecule has 16 heavy (non-hydrogen) atoms. The Morgan fingerprint density at radius 2 is 2.25 bits per heavy atom. The summed E-state index contributed by atoms with van der Waals surface area (Å²) in [6.07, 6.45) is 0. The fourth-order valence-corrected chi connectivity index (χ4v) is 1.20. The van der Waals surface area contributed by atoms with Gasteiger partial charge in [-0.25, -0.2) is 4.79 Å². The Balaban J connectivity index is 3.58. The number of anilines is 1. The topological polar surface area (TPSA) is 119 Å². The Morgan fingerprint density at radius 3 is 2.69 bits per heavy atom. The van der Waals surface area contributed by atoms with Crippen LogP contribution in [-0.2, 0) is 4.74 Å². The zero-order valence-corrected chi connectivity index (χ0v) is 8.26. The predicted octanol–water partition coefficient (Wildman–Crippen LogP) is 0.835. The fraction of sp³-hybridized carbons (Fsp3) is 0.111. The average Bonchev–Trinajstić information content (AvgIpc) is 2.26. The lowest BCUT2D eigenvalue weighted by atomic mass is 10.1. The summed E-state index contributed by atoms with van der Waals surface area (Å²) in [6.45, 7) is 0. The van der Waals surface area contributed by atoms with Gasteiger partial charge in [-0.1, -0.05) is 0 Å². The first-order valence-corrected chi connectivity index (χ1v) is 4.07. The van der Waals surface area contributed by atoms with E-state index in [4.69, 9.17) is 11.0 Å². The molecule has 0 radical (unpaired) electrons. The molecule has 2 N–H and O–H groups in total. The molecule has 7 heteroatoms. The van der Waals surface area contributed by atoms with Gasteiger partial charge in [0.15, 0.2) is 0 Å². The van der Waals surface area contributed by atoms with Gasteiger partial charge in [-0.3, -0.25) is 10.1 Å². The quantitative estimate of drug-likeness (QED) is 0.342. The minimum atomic E-state index is -0.907. The third-order valence-electron chi connectivity index (χ3n) is 1.84. The van der Waals surface area contributed by atoms with Crippen LogP contribution in [0.5, 0.6) is 0 Å². The Morgan fingerprint density at radius 1 is 1.62 bits per heavy atom. The predicted molar refractivity (Wildman–Crippen MR) is 53.6 cm³/mol. The molecule has 82 valence electrons. The number of nitriles is 1. The second kappa shape index (κ2) is 4.27. The SMILES string of the molecule is COC(=O)c1cc(N)cc(C#N)c1[N+](=O)[O-]. The molecule has 1 aromatic carbocycles. The number of carbonyl (C=O) groups excluding carboxylic acids is 1. The van der Waals surface area contributed by atoms with Gasteiger partial charge in [0.1, 0.15) is 17.2 Å². The lowest BCUT2D eigenvalue weighted by Crippen LogP contribution is -2.08. The maximum atomic E-state index is 11.3. The van der Waals surface area contributed by atoms with Crippen molar-refractivity contribution in [3.05, 3.63) is 33.4 Å². The maximum Gasteiger partial charge on any atom is 0.345 e. The molecule has 0 bridgehead atoms. The van der Waals surface area contributed by atoms with Crippen LogP contribution in [0.1, 0.15) is 15.9 Å². The van der Waals surface area contributed by atoms with E-state index in [2.05, 4.69) is 4.74 Å². The molecular weight excluding hydrogens is 214 g/mol. The van der Waals surface area contributed by atoms with E-state index in [9.17, 15) is 14.9 Å². The van der Waals surface area contributed by atoms with E-state index in [0.29, 0.717) is 0 Å². The highest BCUT2D eigenvalue weighted by atomic mass is 16.6. The van der Waals surface area contributed by atoms with Gasteiger partial charge < -0.3 is 10.5 Å². The van der Waals surface area contributed by atoms with E-state index in [1.807, 2.05) is 0 Å². The molecule has 1 aromatic rings. The van der Waals surface area contributed by atoms with Gasteiger partial charge in [-0.05, 0) is 12.1 Å². The first kappa shape index (κ1) is 11.5. The van der Waals surface area contributed by atoms with Crippen molar-refractivity contribution >= 4 is 17.3 Å². The summed E-state index contributed by atoms with van der Waals surface area (Å²) < 4.78 is 4.37. The smallest absolute Gasteiger partial charge is 0.345 e. The minimum Gasteiger partial charge on any atom is -0.465 e. The van der Waals surface area contributed by atoms with Crippen molar-refractivity contribution in [3.8, 4) is 6.07 Å². The molecule has 0 atom stereocenters. The van der Waals surface area contributed by atoms with Crippen LogP contribution in [0.15, 0.2) is 12.1 Å². The van der Waals surface area contributed by atoms with Crippen molar-refractivity contribution in [1.82, 2.24) is 0 Å². The summed E-state index contributed by atoms with van der Waals surface area (Å²) in [4.78, 5) is 21.2. The summed E-state index contributed by atoms with van der Waals surface area (Å²) in [5.41, 5.74) is 4.30. The summed E-state index contributed by atoms with van der Waals surface area (Å²) in [6, 6.07) is 3.84. The number of methoxy groups -OCH3 is 1. The van der Waals surface area contributed by atoms with Crippen LogP contribution in [0, 0.1) is 21.4 Å². The Hall–Kier alpha value is -2.62. The van der Waals surface area contributed by atoms with Crippen molar-refractivity contribution in [2.75, 3.05) is 12.8 Å². The number of hydrogen-bond donors (Lipinski definition) is 1. The van der Waals surface area contributed by atoms with Crippen LogP contribution in [-0.4, -0.2) is 18.0 Å². The third-order valence-corrected chi connectivity index (χ3v) is 1.84. The normalized spacial score (nSPS) is 9.25. The van der Waals surface area contributed by atoms with E-state index < -0.39 is 16.6 Å². The number of rotatable bonds is 2. The van der Waals surface area contributed by atoms with Gasteiger partial charge in [0, 0.05) is 5.69 Å². The highest BCUT2D eigenvalue weighted by Gasteiger charge is 2.26. The molecule has 0 saturated heterocycles. The van der Waals surface area contributed by atoms with Crippen LogP contribution in [0.4, 0.5) is 11.4 Å². The van der Waals surface area contributed by atoms with Crippen LogP contribution >= 0.6 is 0 Å². The summed E-state index contributed by atoms with van der Waals surface area (Å²) in [5.74, 6) is -0.907. The van der Waals surface area contributed by atoms with Gasteiger partial charge in [-0.2, -0.15) is 5.26 Å². The lowest BCUT2D eigenvalue weighted by molar-refractivity contribution is -0.385. The molecule has 1 rings (SSSR count). The first-order valence-electron chi connectivity index (χ1n) is 4.07. The van der Waals surface area contributed by atoms with E-state index in [0.717, 1.165) is 19.2 Å². The van der Waals surface area contributed by atoms with Gasteiger partial charge in [0.05, 0.1) is 12.0 Å². The molecule has 0 fully saturated rings. The van der Waals surface area contributed by atoms with Crippen molar-refractivity contribution < 1.29 is 14.5 Å². The maximum absolute atomic E-state index is 11.3. The molecule has 0 aliphatic carbocycles. The Kier molecular flexibility index (Phi) is 3.06. The molecular formula is C9H7N3O4. The summed E-state index contributed by atoms with van der Waals surface area (Å²) in [7, 11) is 1.08. The molecule has 0 aliphatic rings. The first-order chi connectivity index (χ1) is 7.51. The van der Waals surface area contributed by atoms with Crippen LogP contribution in [0.3, 0.4) is 0 Å². The second-order valence-corrected chi connectivity index (χ2v) is 2.83. The fourth-order valence-electron chi connectivity index (χ4n) is 1.20. The number of nitrogen functional groups attached to an aromatic ring is 1.